The molecule has 0 atom stereocenters. The third kappa shape index (κ3) is 3.31. The standard InChI is InChI=1S/C16H16FN3O2S2/c1-2-20-15-8-7-12(24(18,21)22)9-14(15)19-16(20)23-10-11-5-3-4-6-13(11)17/h3-9H,2,10H2,1H3,(H2,18,21,22). The Morgan fingerprint density at radius 1 is 1.25 bits per heavy atom. The van der Waals surface area contributed by atoms with E-state index in [0.29, 0.717) is 28.5 Å². The summed E-state index contributed by atoms with van der Waals surface area (Å²) in [5.41, 5.74) is 1.97. The van der Waals surface area contributed by atoms with Crippen LogP contribution in [0.4, 0.5) is 4.39 Å². The van der Waals surface area contributed by atoms with E-state index in [4.69, 9.17) is 5.14 Å². The first-order valence-electron chi connectivity index (χ1n) is 7.29. The smallest absolute Gasteiger partial charge is 0.238 e. The molecule has 5 nitrogen and oxygen atoms in total. The fraction of sp³-hybridized carbons (Fsp3) is 0.188. The number of aromatic nitrogens is 2. The van der Waals surface area contributed by atoms with Gasteiger partial charge in [-0.15, -0.1) is 0 Å². The van der Waals surface area contributed by atoms with Gasteiger partial charge in [0.05, 0.1) is 15.9 Å². The Kier molecular flexibility index (Phi) is 4.62. The van der Waals surface area contributed by atoms with Gasteiger partial charge in [0.2, 0.25) is 10.0 Å². The van der Waals surface area contributed by atoms with E-state index in [1.165, 1.54) is 30.0 Å². The summed E-state index contributed by atoms with van der Waals surface area (Å²) in [6.07, 6.45) is 0. The molecular weight excluding hydrogens is 349 g/mol. The van der Waals surface area contributed by atoms with Crippen molar-refractivity contribution in [3.05, 3.63) is 53.8 Å². The Bertz CT molecular complexity index is 1000. The van der Waals surface area contributed by atoms with Gasteiger partial charge in [0.15, 0.2) is 5.16 Å². The summed E-state index contributed by atoms with van der Waals surface area (Å²) in [7, 11) is -3.77. The Labute approximate surface area is 143 Å². The molecule has 3 rings (SSSR count). The fourth-order valence-corrected chi connectivity index (χ4v) is 4.04. The molecule has 0 radical (unpaired) electrons. The Balaban J connectivity index is 1.97. The van der Waals surface area contributed by atoms with Crippen molar-refractivity contribution < 1.29 is 12.8 Å². The van der Waals surface area contributed by atoms with Crippen molar-refractivity contribution in [2.45, 2.75) is 29.3 Å². The number of fused-ring (bicyclic) bond motifs is 1. The molecule has 0 amide bonds. The molecule has 1 aromatic heterocycles. The van der Waals surface area contributed by atoms with E-state index in [-0.39, 0.29) is 10.7 Å². The average Bonchev–Trinajstić information content (AvgIpc) is 2.89. The van der Waals surface area contributed by atoms with Crippen molar-refractivity contribution in [1.29, 1.82) is 0 Å². The lowest BCUT2D eigenvalue weighted by Crippen LogP contribution is -2.11. The lowest BCUT2D eigenvalue weighted by molar-refractivity contribution is 0.598. The van der Waals surface area contributed by atoms with Gasteiger partial charge in [-0.05, 0) is 36.8 Å². The van der Waals surface area contributed by atoms with Crippen LogP contribution in [0.2, 0.25) is 0 Å². The summed E-state index contributed by atoms with van der Waals surface area (Å²) in [5, 5.41) is 5.88. The molecule has 0 saturated carbocycles. The largest absolute Gasteiger partial charge is 0.319 e. The number of nitrogens with zero attached hydrogens (tertiary/aromatic N) is 2. The molecule has 0 aliphatic carbocycles. The minimum Gasteiger partial charge on any atom is -0.319 e. The van der Waals surface area contributed by atoms with Crippen LogP contribution in [0.1, 0.15) is 12.5 Å². The quantitative estimate of drug-likeness (QED) is 0.705. The molecule has 0 unspecified atom stereocenters. The molecule has 24 heavy (non-hydrogen) atoms. The summed E-state index contributed by atoms with van der Waals surface area (Å²) in [5.74, 6) is 0.193. The normalized spacial score (nSPS) is 12.0. The maximum atomic E-state index is 13.7. The third-order valence-electron chi connectivity index (χ3n) is 3.64. The molecule has 1 heterocycles. The zero-order valence-corrected chi connectivity index (χ0v) is 14.6. The number of rotatable bonds is 5. The van der Waals surface area contributed by atoms with Crippen molar-refractivity contribution >= 4 is 32.8 Å². The molecule has 8 heteroatoms. The minimum absolute atomic E-state index is 0.0291. The monoisotopic (exact) mass is 365 g/mol. The van der Waals surface area contributed by atoms with Crippen molar-refractivity contribution in [1.82, 2.24) is 9.55 Å². The molecule has 0 aliphatic rings. The number of aryl methyl sites for hydroxylation is 1. The van der Waals surface area contributed by atoms with E-state index >= 15 is 0 Å². The molecule has 2 aromatic carbocycles. The van der Waals surface area contributed by atoms with E-state index in [1.54, 1.807) is 24.3 Å². The van der Waals surface area contributed by atoms with Crippen LogP contribution in [0.25, 0.3) is 11.0 Å². The van der Waals surface area contributed by atoms with E-state index in [0.717, 1.165) is 5.52 Å². The second-order valence-electron chi connectivity index (χ2n) is 5.21. The molecule has 0 saturated heterocycles. The van der Waals surface area contributed by atoms with E-state index in [2.05, 4.69) is 4.98 Å². The highest BCUT2D eigenvalue weighted by Crippen LogP contribution is 2.28. The van der Waals surface area contributed by atoms with Gasteiger partial charge >= 0.3 is 0 Å². The van der Waals surface area contributed by atoms with Crippen LogP contribution in [0.15, 0.2) is 52.5 Å². The number of thioether (sulfide) groups is 1. The maximum Gasteiger partial charge on any atom is 0.238 e. The Hall–Kier alpha value is -1.90. The average molecular weight is 365 g/mol. The van der Waals surface area contributed by atoms with Crippen molar-refractivity contribution in [3.63, 3.8) is 0 Å². The highest BCUT2D eigenvalue weighted by molar-refractivity contribution is 7.98. The highest BCUT2D eigenvalue weighted by atomic mass is 32.2. The maximum absolute atomic E-state index is 13.7. The van der Waals surface area contributed by atoms with Crippen LogP contribution >= 0.6 is 11.8 Å². The number of imidazole rings is 1. The van der Waals surface area contributed by atoms with Gasteiger partial charge in [-0.2, -0.15) is 0 Å². The Morgan fingerprint density at radius 2 is 2.00 bits per heavy atom. The van der Waals surface area contributed by atoms with Crippen LogP contribution < -0.4 is 5.14 Å². The molecule has 126 valence electrons. The number of primary sulfonamides is 1. The molecular formula is C16H16FN3O2S2. The number of nitrogens with two attached hydrogens (primary N) is 1. The number of hydrogen-bond acceptors (Lipinski definition) is 4. The van der Waals surface area contributed by atoms with Gasteiger partial charge in [0, 0.05) is 12.3 Å². The van der Waals surface area contributed by atoms with E-state index in [1.807, 2.05) is 11.5 Å². The van der Waals surface area contributed by atoms with Gasteiger partial charge in [-0.1, -0.05) is 30.0 Å². The number of benzene rings is 2. The third-order valence-corrected chi connectivity index (χ3v) is 5.58. The molecule has 3 aromatic rings. The number of halogens is 1. The second-order valence-corrected chi connectivity index (χ2v) is 7.72. The molecule has 2 N–H and O–H groups in total. The summed E-state index contributed by atoms with van der Waals surface area (Å²) in [6, 6.07) is 11.2. The SMILES string of the molecule is CCn1c(SCc2ccccc2F)nc2cc(S(N)(=O)=O)ccc21. The minimum atomic E-state index is -3.77. The molecule has 0 fully saturated rings. The number of hydrogen-bond donors (Lipinski definition) is 1. The molecule has 0 aliphatic heterocycles. The zero-order valence-electron chi connectivity index (χ0n) is 12.9. The van der Waals surface area contributed by atoms with Gasteiger partial charge < -0.3 is 4.57 Å². The van der Waals surface area contributed by atoms with E-state index < -0.39 is 10.0 Å². The summed E-state index contributed by atoms with van der Waals surface area (Å²) in [6.45, 7) is 2.65. The van der Waals surface area contributed by atoms with Crippen LogP contribution in [-0.4, -0.2) is 18.0 Å². The predicted molar refractivity (Wildman–Crippen MR) is 92.7 cm³/mol. The Morgan fingerprint density at radius 3 is 2.67 bits per heavy atom. The molecule has 0 spiro atoms. The van der Waals surface area contributed by atoms with Gasteiger partial charge in [-0.3, -0.25) is 0 Å². The van der Waals surface area contributed by atoms with Gasteiger partial charge in [0.1, 0.15) is 5.82 Å². The van der Waals surface area contributed by atoms with Crippen LogP contribution in [-0.2, 0) is 22.3 Å². The first kappa shape index (κ1) is 16.9. The summed E-state index contributed by atoms with van der Waals surface area (Å²) >= 11 is 1.41. The second kappa shape index (κ2) is 6.54. The van der Waals surface area contributed by atoms with Crippen molar-refractivity contribution in [3.8, 4) is 0 Å². The van der Waals surface area contributed by atoms with Crippen molar-refractivity contribution in [2.75, 3.05) is 0 Å². The zero-order chi connectivity index (χ0) is 17.3. The fourth-order valence-electron chi connectivity index (χ4n) is 2.44. The first-order chi connectivity index (χ1) is 11.4. The van der Waals surface area contributed by atoms with Crippen LogP contribution in [0.3, 0.4) is 0 Å². The first-order valence-corrected chi connectivity index (χ1v) is 9.82. The highest BCUT2D eigenvalue weighted by Gasteiger charge is 2.15. The summed E-state index contributed by atoms with van der Waals surface area (Å²) < 4.78 is 38.7. The van der Waals surface area contributed by atoms with Crippen molar-refractivity contribution in [2.24, 2.45) is 5.14 Å². The van der Waals surface area contributed by atoms with Gasteiger partial charge in [0.25, 0.3) is 0 Å². The summed E-state index contributed by atoms with van der Waals surface area (Å²) in [4.78, 5) is 4.51. The van der Waals surface area contributed by atoms with Gasteiger partial charge in [-0.25, -0.2) is 22.9 Å². The topological polar surface area (TPSA) is 78.0 Å². The lowest BCUT2D eigenvalue weighted by atomic mass is 10.2. The van der Waals surface area contributed by atoms with Crippen LogP contribution in [0, 0.1) is 5.82 Å². The number of sulfonamides is 1. The lowest BCUT2D eigenvalue weighted by Gasteiger charge is -2.06. The molecule has 0 bridgehead atoms. The predicted octanol–water partition coefficient (Wildman–Crippen LogP) is 3.14. The van der Waals surface area contributed by atoms with Crippen LogP contribution in [0.5, 0.6) is 0 Å². The van der Waals surface area contributed by atoms with E-state index in [9.17, 15) is 12.8 Å².